The second kappa shape index (κ2) is 7.61. The van der Waals surface area contributed by atoms with Gasteiger partial charge in [0.05, 0.1) is 0 Å². The molecule has 0 heterocycles. The van der Waals surface area contributed by atoms with E-state index in [0.717, 1.165) is 13.1 Å². The number of hydrogen-bond donors (Lipinski definition) is 1. The molecule has 0 bridgehead atoms. The highest BCUT2D eigenvalue weighted by atomic mass is 19.1. The monoisotopic (exact) mass is 266 g/mol. The predicted molar refractivity (Wildman–Crippen MR) is 79.4 cm³/mol. The molecule has 108 valence electrons. The third-order valence-corrected chi connectivity index (χ3v) is 3.01. The summed E-state index contributed by atoms with van der Waals surface area (Å²) >= 11 is 0. The lowest BCUT2D eigenvalue weighted by Gasteiger charge is -2.29. The molecular weight excluding hydrogens is 239 g/mol. The minimum absolute atomic E-state index is 0.205. The molecule has 0 aromatic heterocycles. The fourth-order valence-electron chi connectivity index (χ4n) is 2.41. The lowest BCUT2D eigenvalue weighted by molar-refractivity contribution is 0.206. The summed E-state index contributed by atoms with van der Waals surface area (Å²) in [7, 11) is 0. The average Bonchev–Trinajstić information content (AvgIpc) is 2.27. The van der Waals surface area contributed by atoms with Crippen LogP contribution in [-0.4, -0.2) is 24.5 Å². The molecule has 1 atom stereocenters. The molecule has 0 aliphatic heterocycles. The van der Waals surface area contributed by atoms with Crippen LogP contribution >= 0.6 is 0 Å². The number of rotatable bonds is 7. The first kappa shape index (κ1) is 16.1. The Morgan fingerprint density at radius 1 is 1.00 bits per heavy atom. The van der Waals surface area contributed by atoms with Crippen LogP contribution in [0.2, 0.25) is 0 Å². The number of halogens is 1. The maximum atomic E-state index is 13.7. The molecule has 19 heavy (non-hydrogen) atoms. The van der Waals surface area contributed by atoms with Crippen molar-refractivity contribution in [3.8, 4) is 0 Å². The highest BCUT2D eigenvalue weighted by molar-refractivity contribution is 5.21. The quantitative estimate of drug-likeness (QED) is 0.819. The summed E-state index contributed by atoms with van der Waals surface area (Å²) < 4.78 is 13.7. The smallest absolute Gasteiger partial charge is 0.128 e. The van der Waals surface area contributed by atoms with Crippen molar-refractivity contribution in [3.05, 3.63) is 35.6 Å². The van der Waals surface area contributed by atoms with Gasteiger partial charge in [0.25, 0.3) is 0 Å². The van der Waals surface area contributed by atoms with Crippen molar-refractivity contribution in [3.63, 3.8) is 0 Å². The van der Waals surface area contributed by atoms with Gasteiger partial charge in [-0.2, -0.15) is 0 Å². The largest absolute Gasteiger partial charge is 0.323 e. The fourth-order valence-corrected chi connectivity index (χ4v) is 2.41. The highest BCUT2D eigenvalue weighted by Crippen LogP contribution is 2.17. The van der Waals surface area contributed by atoms with Crippen LogP contribution in [0.4, 0.5) is 4.39 Å². The highest BCUT2D eigenvalue weighted by Gasteiger charge is 2.16. The maximum absolute atomic E-state index is 13.7. The van der Waals surface area contributed by atoms with Crippen LogP contribution in [0.1, 0.15) is 39.3 Å². The number of benzene rings is 1. The van der Waals surface area contributed by atoms with Crippen LogP contribution in [0.25, 0.3) is 0 Å². The Morgan fingerprint density at radius 3 is 2.00 bits per heavy atom. The molecular formula is C16H27FN2. The summed E-state index contributed by atoms with van der Waals surface area (Å²) in [6.45, 7) is 11.5. The molecule has 0 saturated carbocycles. The van der Waals surface area contributed by atoms with Crippen LogP contribution in [0, 0.1) is 17.7 Å². The van der Waals surface area contributed by atoms with Gasteiger partial charge in [-0.15, -0.1) is 0 Å². The van der Waals surface area contributed by atoms with E-state index >= 15 is 0 Å². The molecule has 0 fully saturated rings. The van der Waals surface area contributed by atoms with E-state index in [2.05, 4.69) is 32.6 Å². The molecule has 1 rings (SSSR count). The van der Waals surface area contributed by atoms with Crippen molar-refractivity contribution in [2.75, 3.05) is 19.6 Å². The lowest BCUT2D eigenvalue weighted by Crippen LogP contribution is -2.37. The molecule has 2 nitrogen and oxygen atoms in total. The van der Waals surface area contributed by atoms with Gasteiger partial charge >= 0.3 is 0 Å². The zero-order valence-electron chi connectivity index (χ0n) is 12.6. The molecule has 0 aliphatic carbocycles. The van der Waals surface area contributed by atoms with Gasteiger partial charge in [0, 0.05) is 31.2 Å². The molecule has 1 aromatic carbocycles. The first-order valence-corrected chi connectivity index (χ1v) is 7.12. The van der Waals surface area contributed by atoms with Crippen LogP contribution in [0.3, 0.4) is 0 Å². The van der Waals surface area contributed by atoms with Gasteiger partial charge in [-0.25, -0.2) is 4.39 Å². The van der Waals surface area contributed by atoms with E-state index in [0.29, 0.717) is 23.9 Å². The first-order valence-electron chi connectivity index (χ1n) is 7.12. The number of nitrogens with zero attached hydrogens (tertiary/aromatic N) is 1. The minimum Gasteiger partial charge on any atom is -0.323 e. The van der Waals surface area contributed by atoms with Gasteiger partial charge in [-0.05, 0) is 17.9 Å². The third-order valence-electron chi connectivity index (χ3n) is 3.01. The van der Waals surface area contributed by atoms with Crippen LogP contribution in [0.15, 0.2) is 24.3 Å². The predicted octanol–water partition coefficient (Wildman–Crippen LogP) is 3.44. The molecule has 1 unspecified atom stereocenters. The summed E-state index contributed by atoms with van der Waals surface area (Å²) in [6.07, 6.45) is 0. The van der Waals surface area contributed by atoms with E-state index in [1.807, 2.05) is 6.07 Å². The molecule has 0 aliphatic rings. The molecule has 0 spiro atoms. The van der Waals surface area contributed by atoms with Crippen molar-refractivity contribution in [2.24, 2.45) is 17.6 Å². The standard InChI is InChI=1S/C16H27FN2/c1-12(2)9-19(10-13(3)4)11-16(18)14-7-5-6-8-15(14)17/h5-8,12-13,16H,9-11,18H2,1-4H3. The third kappa shape index (κ3) is 5.70. The van der Waals surface area contributed by atoms with Gasteiger partial charge in [-0.1, -0.05) is 45.9 Å². The molecule has 0 saturated heterocycles. The van der Waals surface area contributed by atoms with E-state index < -0.39 is 0 Å². The maximum Gasteiger partial charge on any atom is 0.128 e. The minimum atomic E-state index is -0.265. The van der Waals surface area contributed by atoms with E-state index in [1.54, 1.807) is 12.1 Å². The molecule has 0 radical (unpaired) electrons. The van der Waals surface area contributed by atoms with E-state index in [9.17, 15) is 4.39 Å². The Balaban J connectivity index is 2.70. The molecule has 1 aromatic rings. The summed E-state index contributed by atoms with van der Waals surface area (Å²) in [5.41, 5.74) is 6.78. The fraction of sp³-hybridized carbons (Fsp3) is 0.625. The SMILES string of the molecule is CC(C)CN(CC(C)C)CC(N)c1ccccc1F. The topological polar surface area (TPSA) is 29.3 Å². The van der Waals surface area contributed by atoms with Crippen molar-refractivity contribution in [1.82, 2.24) is 4.90 Å². The Bertz CT molecular complexity index is 367. The Labute approximate surface area is 116 Å². The first-order chi connectivity index (χ1) is 8.90. The summed E-state index contributed by atoms with van der Waals surface area (Å²) in [4.78, 5) is 2.34. The average molecular weight is 266 g/mol. The van der Waals surface area contributed by atoms with E-state index in [4.69, 9.17) is 5.73 Å². The van der Waals surface area contributed by atoms with E-state index in [1.165, 1.54) is 6.07 Å². The second-order valence-corrected chi connectivity index (χ2v) is 6.13. The Morgan fingerprint density at radius 2 is 1.53 bits per heavy atom. The molecule has 2 N–H and O–H groups in total. The summed E-state index contributed by atoms with van der Waals surface area (Å²) in [5.74, 6) is 0.974. The van der Waals surface area contributed by atoms with Gasteiger partial charge in [-0.3, -0.25) is 0 Å². The van der Waals surface area contributed by atoms with Crippen LogP contribution in [-0.2, 0) is 0 Å². The molecule has 3 heteroatoms. The van der Waals surface area contributed by atoms with Crippen molar-refractivity contribution < 1.29 is 4.39 Å². The van der Waals surface area contributed by atoms with E-state index in [-0.39, 0.29) is 11.9 Å². The number of hydrogen-bond acceptors (Lipinski definition) is 2. The Kier molecular flexibility index (Phi) is 6.46. The lowest BCUT2D eigenvalue weighted by atomic mass is 10.0. The Hall–Kier alpha value is -0.930. The summed E-state index contributed by atoms with van der Waals surface area (Å²) in [5, 5.41) is 0. The van der Waals surface area contributed by atoms with Crippen molar-refractivity contribution in [2.45, 2.75) is 33.7 Å². The zero-order chi connectivity index (χ0) is 14.4. The van der Waals surface area contributed by atoms with Gasteiger partial charge in [0.15, 0.2) is 0 Å². The molecule has 0 amide bonds. The van der Waals surface area contributed by atoms with Gasteiger partial charge in [0.1, 0.15) is 5.82 Å². The normalized spacial score (nSPS) is 13.5. The zero-order valence-corrected chi connectivity index (χ0v) is 12.6. The van der Waals surface area contributed by atoms with Crippen molar-refractivity contribution in [1.29, 1.82) is 0 Å². The summed E-state index contributed by atoms with van der Waals surface area (Å²) in [6, 6.07) is 6.53. The number of nitrogens with two attached hydrogens (primary N) is 1. The van der Waals surface area contributed by atoms with Gasteiger partial charge in [0.2, 0.25) is 0 Å². The van der Waals surface area contributed by atoms with Crippen LogP contribution in [0.5, 0.6) is 0 Å². The second-order valence-electron chi connectivity index (χ2n) is 6.13. The van der Waals surface area contributed by atoms with Gasteiger partial charge < -0.3 is 10.6 Å². The van der Waals surface area contributed by atoms with Crippen LogP contribution < -0.4 is 5.73 Å². The van der Waals surface area contributed by atoms with Crippen molar-refractivity contribution >= 4 is 0 Å².